The van der Waals surface area contributed by atoms with Gasteiger partial charge in [0.05, 0.1) is 0 Å². The van der Waals surface area contributed by atoms with E-state index in [1.807, 2.05) is 24.3 Å². The van der Waals surface area contributed by atoms with Crippen molar-refractivity contribution in [3.63, 3.8) is 0 Å². The van der Waals surface area contributed by atoms with E-state index in [1.54, 1.807) is 0 Å². The van der Waals surface area contributed by atoms with Gasteiger partial charge in [-0.25, -0.2) is 0 Å². The molecule has 1 saturated heterocycles. The predicted molar refractivity (Wildman–Crippen MR) is 77.2 cm³/mol. The van der Waals surface area contributed by atoms with Gasteiger partial charge in [-0.1, -0.05) is 33.2 Å². The molecule has 3 rings (SSSR count). The lowest BCUT2D eigenvalue weighted by molar-refractivity contribution is -0.0228. The van der Waals surface area contributed by atoms with Crippen molar-refractivity contribution >= 4 is 15.9 Å². The van der Waals surface area contributed by atoms with E-state index in [0.717, 1.165) is 23.1 Å². The summed E-state index contributed by atoms with van der Waals surface area (Å²) in [5, 5.41) is 17.7. The minimum atomic E-state index is -0.976. The fraction of sp³-hybridized carbons (Fsp3) is 0.429. The van der Waals surface area contributed by atoms with E-state index < -0.39 is 5.60 Å². The third kappa shape index (κ3) is 2.92. The van der Waals surface area contributed by atoms with Gasteiger partial charge in [0, 0.05) is 10.9 Å². The van der Waals surface area contributed by atoms with Gasteiger partial charge in [-0.3, -0.25) is 0 Å². The molecule has 20 heavy (non-hydrogen) atoms. The molecule has 5 nitrogen and oxygen atoms in total. The molecular weight excluding hydrogens is 322 g/mol. The monoisotopic (exact) mass is 337 g/mol. The number of aliphatic hydroxyl groups is 1. The van der Waals surface area contributed by atoms with Gasteiger partial charge in [0.25, 0.3) is 5.89 Å². The Morgan fingerprint density at radius 1 is 1.25 bits per heavy atom. The Morgan fingerprint density at radius 3 is 2.65 bits per heavy atom. The number of hydrogen-bond donors (Lipinski definition) is 2. The van der Waals surface area contributed by atoms with Crippen molar-refractivity contribution in [1.82, 2.24) is 15.5 Å². The molecule has 0 radical (unpaired) electrons. The third-order valence-electron chi connectivity index (χ3n) is 3.57. The van der Waals surface area contributed by atoms with Crippen LogP contribution in [0.2, 0.25) is 0 Å². The van der Waals surface area contributed by atoms with Crippen LogP contribution in [0.25, 0.3) is 0 Å². The number of piperidine rings is 1. The van der Waals surface area contributed by atoms with E-state index in [-0.39, 0.29) is 0 Å². The van der Waals surface area contributed by atoms with Crippen LogP contribution in [0.4, 0.5) is 0 Å². The fourth-order valence-electron chi connectivity index (χ4n) is 2.35. The first-order valence-corrected chi connectivity index (χ1v) is 7.46. The number of rotatable bonds is 3. The lowest BCUT2D eigenvalue weighted by Gasteiger charge is -2.28. The summed E-state index contributed by atoms with van der Waals surface area (Å²) in [4.78, 5) is 4.36. The summed E-state index contributed by atoms with van der Waals surface area (Å²) in [6.45, 7) is 1.53. The molecule has 0 amide bonds. The minimum absolute atomic E-state index is 0.339. The third-order valence-corrected chi connectivity index (χ3v) is 4.10. The van der Waals surface area contributed by atoms with Gasteiger partial charge in [0.15, 0.2) is 5.82 Å². The second-order valence-corrected chi connectivity index (χ2v) is 6.02. The summed E-state index contributed by atoms with van der Waals surface area (Å²) in [6, 6.07) is 7.99. The van der Waals surface area contributed by atoms with Crippen molar-refractivity contribution in [3.8, 4) is 0 Å². The normalized spacial score (nSPS) is 18.1. The first-order chi connectivity index (χ1) is 9.66. The Bertz CT molecular complexity index is 576. The first-order valence-electron chi connectivity index (χ1n) is 6.66. The zero-order valence-electron chi connectivity index (χ0n) is 11.0. The van der Waals surface area contributed by atoms with Crippen molar-refractivity contribution < 1.29 is 9.63 Å². The largest absolute Gasteiger partial charge is 0.380 e. The van der Waals surface area contributed by atoms with Crippen molar-refractivity contribution in [2.45, 2.75) is 24.9 Å². The Morgan fingerprint density at radius 2 is 1.95 bits per heavy atom. The van der Waals surface area contributed by atoms with Crippen LogP contribution in [-0.4, -0.2) is 28.3 Å². The minimum Gasteiger partial charge on any atom is -0.380 e. The number of nitrogens with zero attached hydrogens (tertiary/aromatic N) is 2. The molecule has 1 aromatic carbocycles. The highest BCUT2D eigenvalue weighted by Gasteiger charge is 2.36. The van der Waals surface area contributed by atoms with E-state index in [9.17, 15) is 5.11 Å². The molecule has 0 bridgehead atoms. The van der Waals surface area contributed by atoms with E-state index >= 15 is 0 Å². The quantitative estimate of drug-likeness (QED) is 0.896. The molecule has 1 aliphatic rings. The summed E-state index contributed by atoms with van der Waals surface area (Å²) in [5.41, 5.74) is 0.133. The van der Waals surface area contributed by atoms with Crippen molar-refractivity contribution in [1.29, 1.82) is 0 Å². The van der Waals surface area contributed by atoms with E-state index in [1.165, 1.54) is 0 Å². The molecule has 0 unspecified atom stereocenters. The molecule has 0 spiro atoms. The van der Waals surface area contributed by atoms with Crippen LogP contribution in [0.3, 0.4) is 0 Å². The standard InChI is InChI=1S/C14H16BrN3O2/c15-11-3-1-10(2-4-11)9-12-17-13(20-18-12)14(19)5-7-16-8-6-14/h1-4,16,19H,5-9H2. The lowest BCUT2D eigenvalue weighted by Crippen LogP contribution is -2.39. The van der Waals surface area contributed by atoms with Crippen molar-refractivity contribution in [2.75, 3.05) is 13.1 Å². The van der Waals surface area contributed by atoms with Gasteiger partial charge in [0.1, 0.15) is 5.60 Å². The molecule has 1 aliphatic heterocycles. The van der Waals surface area contributed by atoms with Crippen LogP contribution in [0.1, 0.15) is 30.1 Å². The van der Waals surface area contributed by atoms with Crippen LogP contribution in [0, 0.1) is 0 Å². The highest BCUT2D eigenvalue weighted by molar-refractivity contribution is 9.10. The lowest BCUT2D eigenvalue weighted by atomic mass is 9.92. The second kappa shape index (κ2) is 5.63. The summed E-state index contributed by atoms with van der Waals surface area (Å²) in [6.07, 6.45) is 1.81. The van der Waals surface area contributed by atoms with E-state index in [4.69, 9.17) is 4.52 Å². The molecule has 2 heterocycles. The van der Waals surface area contributed by atoms with Crippen molar-refractivity contribution in [2.24, 2.45) is 0 Å². The summed E-state index contributed by atoms with van der Waals surface area (Å²) >= 11 is 3.41. The smallest absolute Gasteiger partial charge is 0.258 e. The van der Waals surface area contributed by atoms with E-state index in [2.05, 4.69) is 31.4 Å². The first kappa shape index (κ1) is 13.7. The zero-order valence-corrected chi connectivity index (χ0v) is 12.6. The van der Waals surface area contributed by atoms with Crippen LogP contribution in [0.5, 0.6) is 0 Å². The van der Waals surface area contributed by atoms with Gasteiger partial charge in [-0.05, 0) is 43.6 Å². The molecule has 6 heteroatoms. The number of hydrogen-bond acceptors (Lipinski definition) is 5. The highest BCUT2D eigenvalue weighted by Crippen LogP contribution is 2.29. The van der Waals surface area contributed by atoms with Crippen LogP contribution < -0.4 is 5.32 Å². The number of benzene rings is 1. The predicted octanol–water partition coefficient (Wildman–Crippen LogP) is 1.99. The average Bonchev–Trinajstić information content (AvgIpc) is 2.92. The fourth-order valence-corrected chi connectivity index (χ4v) is 2.62. The molecule has 0 aliphatic carbocycles. The number of halogens is 1. The Hall–Kier alpha value is -1.24. The number of aromatic nitrogens is 2. The Kier molecular flexibility index (Phi) is 3.87. The molecule has 0 saturated carbocycles. The van der Waals surface area contributed by atoms with Gasteiger partial charge < -0.3 is 14.9 Å². The molecule has 1 aromatic heterocycles. The molecule has 106 valence electrons. The molecular formula is C14H16BrN3O2. The molecule has 2 N–H and O–H groups in total. The van der Waals surface area contributed by atoms with Crippen molar-refractivity contribution in [3.05, 3.63) is 46.0 Å². The van der Waals surface area contributed by atoms with Crippen LogP contribution in [-0.2, 0) is 12.0 Å². The summed E-state index contributed by atoms with van der Waals surface area (Å²) in [5.74, 6) is 0.945. The van der Waals surface area contributed by atoms with Gasteiger partial charge in [-0.2, -0.15) is 4.98 Å². The number of nitrogens with one attached hydrogen (secondary N) is 1. The maximum Gasteiger partial charge on any atom is 0.258 e. The molecule has 0 atom stereocenters. The maximum absolute atomic E-state index is 10.5. The maximum atomic E-state index is 10.5. The molecule has 1 fully saturated rings. The highest BCUT2D eigenvalue weighted by atomic mass is 79.9. The van der Waals surface area contributed by atoms with Gasteiger partial charge in [0.2, 0.25) is 0 Å². The Balaban J connectivity index is 1.74. The van der Waals surface area contributed by atoms with Gasteiger partial charge in [-0.15, -0.1) is 0 Å². The summed E-state index contributed by atoms with van der Waals surface area (Å²) in [7, 11) is 0. The Labute approximate surface area is 125 Å². The average molecular weight is 338 g/mol. The van der Waals surface area contributed by atoms with Crippen LogP contribution in [0.15, 0.2) is 33.3 Å². The topological polar surface area (TPSA) is 71.2 Å². The zero-order chi connectivity index (χ0) is 14.0. The summed E-state index contributed by atoms with van der Waals surface area (Å²) < 4.78 is 6.30. The van der Waals surface area contributed by atoms with E-state index in [0.29, 0.717) is 31.0 Å². The molecule has 2 aromatic rings. The van der Waals surface area contributed by atoms with Gasteiger partial charge >= 0.3 is 0 Å². The second-order valence-electron chi connectivity index (χ2n) is 5.10. The van der Waals surface area contributed by atoms with Crippen LogP contribution >= 0.6 is 15.9 Å². The SMILES string of the molecule is OC1(c2nc(Cc3ccc(Br)cc3)no2)CCNCC1.